The molecule has 1 unspecified atom stereocenters. The zero-order valence-electron chi connectivity index (χ0n) is 12.2. The highest BCUT2D eigenvalue weighted by atomic mass is 16.1. The number of benzene rings is 1. The summed E-state index contributed by atoms with van der Waals surface area (Å²) in [6, 6.07) is 13.7. The number of carbonyl (C=O) groups is 1. The van der Waals surface area contributed by atoms with Crippen LogP contribution in [-0.2, 0) is 6.42 Å². The monoisotopic (exact) mass is 268 g/mol. The van der Waals surface area contributed by atoms with E-state index in [-0.39, 0.29) is 11.9 Å². The first-order valence-electron chi connectivity index (χ1n) is 6.93. The molecule has 3 nitrogen and oxygen atoms in total. The third-order valence-electron chi connectivity index (χ3n) is 3.36. The molecule has 0 bridgehead atoms. The van der Waals surface area contributed by atoms with Crippen molar-refractivity contribution in [3.05, 3.63) is 65.0 Å². The molecular formula is C17H20N2O. The second-order valence-corrected chi connectivity index (χ2v) is 4.95. The molecule has 0 saturated heterocycles. The lowest BCUT2D eigenvalue weighted by atomic mass is 10.0. The van der Waals surface area contributed by atoms with Crippen LogP contribution in [0.2, 0.25) is 0 Å². The van der Waals surface area contributed by atoms with Crippen LogP contribution in [0.5, 0.6) is 0 Å². The fourth-order valence-electron chi connectivity index (χ4n) is 2.07. The van der Waals surface area contributed by atoms with Gasteiger partial charge in [-0.1, -0.05) is 37.3 Å². The van der Waals surface area contributed by atoms with Crippen molar-refractivity contribution in [3.8, 4) is 0 Å². The van der Waals surface area contributed by atoms with Crippen LogP contribution in [0.1, 0.15) is 47.2 Å². The van der Waals surface area contributed by atoms with Crippen molar-refractivity contribution < 1.29 is 4.79 Å². The van der Waals surface area contributed by atoms with Crippen molar-refractivity contribution in [1.29, 1.82) is 0 Å². The van der Waals surface area contributed by atoms with Crippen LogP contribution in [0.3, 0.4) is 0 Å². The maximum absolute atomic E-state index is 12.1. The topological polar surface area (TPSA) is 42.0 Å². The van der Waals surface area contributed by atoms with Gasteiger partial charge in [0, 0.05) is 5.69 Å². The van der Waals surface area contributed by atoms with Crippen LogP contribution >= 0.6 is 0 Å². The highest BCUT2D eigenvalue weighted by Crippen LogP contribution is 2.14. The Hall–Kier alpha value is -2.16. The number of aryl methyl sites for hydroxylation is 2. The molecule has 1 N–H and O–H groups in total. The van der Waals surface area contributed by atoms with Gasteiger partial charge in [-0.05, 0) is 43.5 Å². The average molecular weight is 268 g/mol. The van der Waals surface area contributed by atoms with E-state index < -0.39 is 0 Å². The lowest BCUT2D eigenvalue weighted by molar-refractivity contribution is 0.0934. The normalized spacial score (nSPS) is 11.9. The van der Waals surface area contributed by atoms with Gasteiger partial charge in [0.25, 0.3) is 5.91 Å². The number of rotatable bonds is 4. The summed E-state index contributed by atoms with van der Waals surface area (Å²) in [6.45, 7) is 5.99. The number of hydrogen-bond acceptors (Lipinski definition) is 2. The number of hydrogen-bond donors (Lipinski definition) is 1. The number of pyridine rings is 1. The van der Waals surface area contributed by atoms with E-state index in [1.165, 1.54) is 5.56 Å². The maximum Gasteiger partial charge on any atom is 0.270 e. The van der Waals surface area contributed by atoms with Crippen LogP contribution in [0.25, 0.3) is 0 Å². The predicted octanol–water partition coefficient (Wildman–Crippen LogP) is 3.44. The van der Waals surface area contributed by atoms with E-state index in [1.54, 1.807) is 6.07 Å². The van der Waals surface area contributed by atoms with E-state index in [9.17, 15) is 4.79 Å². The minimum Gasteiger partial charge on any atom is -0.344 e. The van der Waals surface area contributed by atoms with Crippen molar-refractivity contribution >= 4 is 5.91 Å². The molecule has 3 heteroatoms. The van der Waals surface area contributed by atoms with E-state index in [1.807, 2.05) is 26.0 Å². The maximum atomic E-state index is 12.1. The Kier molecular flexibility index (Phi) is 4.51. The smallest absolute Gasteiger partial charge is 0.270 e. The van der Waals surface area contributed by atoms with E-state index in [2.05, 4.69) is 41.5 Å². The lowest BCUT2D eigenvalue weighted by Crippen LogP contribution is -2.27. The van der Waals surface area contributed by atoms with E-state index in [4.69, 9.17) is 0 Å². The molecule has 0 spiro atoms. The van der Waals surface area contributed by atoms with Gasteiger partial charge in [-0.15, -0.1) is 0 Å². The quantitative estimate of drug-likeness (QED) is 0.923. The predicted molar refractivity (Wildman–Crippen MR) is 80.7 cm³/mol. The summed E-state index contributed by atoms with van der Waals surface area (Å²) in [7, 11) is 0. The van der Waals surface area contributed by atoms with Crippen molar-refractivity contribution in [2.45, 2.75) is 33.2 Å². The molecule has 0 saturated carbocycles. The second kappa shape index (κ2) is 6.33. The van der Waals surface area contributed by atoms with E-state index in [0.29, 0.717) is 5.69 Å². The SMILES string of the molecule is CCc1ccc(C(C)NC(=O)c2cccc(C)n2)cc1. The molecule has 2 rings (SSSR count). The first-order chi connectivity index (χ1) is 9.60. The Morgan fingerprint density at radius 3 is 2.50 bits per heavy atom. The summed E-state index contributed by atoms with van der Waals surface area (Å²) >= 11 is 0. The van der Waals surface area contributed by atoms with Gasteiger partial charge >= 0.3 is 0 Å². The van der Waals surface area contributed by atoms with Gasteiger partial charge < -0.3 is 5.32 Å². The fraction of sp³-hybridized carbons (Fsp3) is 0.294. The Morgan fingerprint density at radius 1 is 1.20 bits per heavy atom. The molecule has 1 amide bonds. The highest BCUT2D eigenvalue weighted by molar-refractivity contribution is 5.92. The van der Waals surface area contributed by atoms with Crippen LogP contribution in [0.15, 0.2) is 42.5 Å². The Morgan fingerprint density at radius 2 is 1.90 bits per heavy atom. The summed E-state index contributed by atoms with van der Waals surface area (Å²) in [5.74, 6) is -0.138. The molecule has 0 radical (unpaired) electrons. The minimum atomic E-state index is -0.138. The highest BCUT2D eigenvalue weighted by Gasteiger charge is 2.12. The molecule has 20 heavy (non-hydrogen) atoms. The van der Waals surface area contributed by atoms with E-state index >= 15 is 0 Å². The van der Waals surface area contributed by atoms with E-state index in [0.717, 1.165) is 17.7 Å². The van der Waals surface area contributed by atoms with Gasteiger partial charge in [-0.25, -0.2) is 4.98 Å². The number of amides is 1. The zero-order valence-corrected chi connectivity index (χ0v) is 12.2. The molecule has 1 atom stereocenters. The fourth-order valence-corrected chi connectivity index (χ4v) is 2.07. The Bertz CT molecular complexity index is 590. The summed E-state index contributed by atoms with van der Waals surface area (Å²) in [4.78, 5) is 16.4. The number of nitrogens with zero attached hydrogens (tertiary/aromatic N) is 1. The van der Waals surface area contributed by atoms with Crippen molar-refractivity contribution in [2.24, 2.45) is 0 Å². The average Bonchev–Trinajstić information content (AvgIpc) is 2.47. The molecule has 104 valence electrons. The van der Waals surface area contributed by atoms with Crippen LogP contribution in [-0.4, -0.2) is 10.9 Å². The largest absolute Gasteiger partial charge is 0.344 e. The van der Waals surface area contributed by atoms with Crippen LogP contribution < -0.4 is 5.32 Å². The first-order valence-corrected chi connectivity index (χ1v) is 6.93. The van der Waals surface area contributed by atoms with Gasteiger partial charge in [0.1, 0.15) is 5.69 Å². The van der Waals surface area contributed by atoms with Crippen molar-refractivity contribution in [1.82, 2.24) is 10.3 Å². The summed E-state index contributed by atoms with van der Waals surface area (Å²) in [5, 5.41) is 2.98. The summed E-state index contributed by atoms with van der Waals surface area (Å²) in [5.41, 5.74) is 3.70. The minimum absolute atomic E-state index is 0.0317. The van der Waals surface area contributed by atoms with Crippen LogP contribution in [0, 0.1) is 6.92 Å². The molecule has 0 aliphatic carbocycles. The molecule has 0 aliphatic rings. The molecule has 1 aromatic heterocycles. The third-order valence-corrected chi connectivity index (χ3v) is 3.36. The molecule has 2 aromatic rings. The van der Waals surface area contributed by atoms with Gasteiger partial charge in [-0.2, -0.15) is 0 Å². The molecule has 1 aromatic carbocycles. The van der Waals surface area contributed by atoms with Gasteiger partial charge in [0.2, 0.25) is 0 Å². The van der Waals surface area contributed by atoms with Crippen molar-refractivity contribution in [3.63, 3.8) is 0 Å². The number of nitrogens with one attached hydrogen (secondary N) is 1. The van der Waals surface area contributed by atoms with Gasteiger partial charge in [-0.3, -0.25) is 4.79 Å². The third kappa shape index (κ3) is 3.44. The van der Waals surface area contributed by atoms with Crippen LogP contribution in [0.4, 0.5) is 0 Å². The lowest BCUT2D eigenvalue weighted by Gasteiger charge is -2.14. The first kappa shape index (κ1) is 14.3. The molecule has 0 aliphatic heterocycles. The van der Waals surface area contributed by atoms with Crippen molar-refractivity contribution in [2.75, 3.05) is 0 Å². The van der Waals surface area contributed by atoms with Gasteiger partial charge in [0.05, 0.1) is 6.04 Å². The zero-order chi connectivity index (χ0) is 14.5. The summed E-state index contributed by atoms with van der Waals surface area (Å²) in [6.07, 6.45) is 1.02. The summed E-state index contributed by atoms with van der Waals surface area (Å²) < 4.78 is 0. The Balaban J connectivity index is 2.06. The van der Waals surface area contributed by atoms with Gasteiger partial charge in [0.15, 0.2) is 0 Å². The molecule has 0 fully saturated rings. The number of aromatic nitrogens is 1. The second-order valence-electron chi connectivity index (χ2n) is 4.95. The Labute approximate surface area is 120 Å². The number of carbonyl (C=O) groups excluding carboxylic acids is 1. The molecule has 1 heterocycles. The standard InChI is InChI=1S/C17H20N2O/c1-4-14-8-10-15(11-9-14)13(3)19-17(20)16-7-5-6-12(2)18-16/h5-11,13H,4H2,1-3H3,(H,19,20). The molecular weight excluding hydrogens is 248 g/mol.